The summed E-state index contributed by atoms with van der Waals surface area (Å²) >= 11 is 0. The Kier molecular flexibility index (Phi) is 9.62. The van der Waals surface area contributed by atoms with Gasteiger partial charge in [0, 0.05) is 5.54 Å². The summed E-state index contributed by atoms with van der Waals surface area (Å²) in [6, 6.07) is 8.41. The number of benzene rings is 1. The highest BCUT2D eigenvalue weighted by Gasteiger charge is 2.27. The number of nitrogens with one attached hydrogen (secondary N) is 2. The number of hydrogen-bond acceptors (Lipinski definition) is 6. The highest BCUT2D eigenvalue weighted by molar-refractivity contribution is 5.81. The number of esters is 1. The maximum Gasteiger partial charge on any atom is 0.408 e. The van der Waals surface area contributed by atoms with Crippen molar-refractivity contribution in [2.45, 2.75) is 77.7 Å². The van der Waals surface area contributed by atoms with Crippen molar-refractivity contribution in [3.05, 3.63) is 35.9 Å². The van der Waals surface area contributed by atoms with Crippen molar-refractivity contribution >= 4 is 18.2 Å². The van der Waals surface area contributed by atoms with Gasteiger partial charge in [-0.25, -0.2) is 14.4 Å². The second-order valence-electron chi connectivity index (χ2n) is 8.68. The molecule has 0 fully saturated rings. The molecule has 0 aliphatic carbocycles. The molecule has 2 amide bonds. The molecule has 2 N–H and O–H groups in total. The number of carbonyl (C=O) groups excluding carboxylic acids is 3. The maximum atomic E-state index is 12.1. The zero-order chi connectivity index (χ0) is 22.8. The molecule has 1 aromatic rings. The van der Waals surface area contributed by atoms with Crippen LogP contribution in [0.2, 0.25) is 0 Å². The molecule has 0 bridgehead atoms. The summed E-state index contributed by atoms with van der Waals surface area (Å²) < 4.78 is 15.2. The van der Waals surface area contributed by atoms with Gasteiger partial charge in [-0.3, -0.25) is 0 Å². The summed E-state index contributed by atoms with van der Waals surface area (Å²) in [5, 5.41) is 5.37. The van der Waals surface area contributed by atoms with Crippen molar-refractivity contribution in [3.63, 3.8) is 0 Å². The van der Waals surface area contributed by atoms with Crippen molar-refractivity contribution in [3.8, 4) is 0 Å². The van der Waals surface area contributed by atoms with E-state index in [1.54, 1.807) is 20.8 Å². The van der Waals surface area contributed by atoms with Crippen molar-refractivity contribution in [1.82, 2.24) is 10.6 Å². The van der Waals surface area contributed by atoms with Gasteiger partial charge in [-0.15, -0.1) is 0 Å². The number of methoxy groups -OCH3 is 1. The topological polar surface area (TPSA) is 103 Å². The lowest BCUT2D eigenvalue weighted by molar-refractivity contribution is -0.143. The SMILES string of the molecule is COC(=O)[C@H](CCCC(C)(C)NC(=O)OC(C)(C)C)NC(=O)OCc1ccccc1. The number of carbonyl (C=O) groups is 3. The molecule has 0 saturated carbocycles. The molecule has 8 heteroatoms. The maximum absolute atomic E-state index is 12.1. The first kappa shape index (κ1) is 25.3. The van der Waals surface area contributed by atoms with Gasteiger partial charge in [-0.05, 0) is 59.4 Å². The van der Waals surface area contributed by atoms with Crippen LogP contribution in [0.3, 0.4) is 0 Å². The van der Waals surface area contributed by atoms with Gasteiger partial charge in [0.1, 0.15) is 18.2 Å². The number of hydrogen-bond donors (Lipinski definition) is 2. The van der Waals surface area contributed by atoms with E-state index in [2.05, 4.69) is 10.6 Å². The van der Waals surface area contributed by atoms with Crippen molar-refractivity contribution in [1.29, 1.82) is 0 Å². The fourth-order valence-corrected chi connectivity index (χ4v) is 2.69. The standard InChI is InChI=1S/C22H34N2O6/c1-21(2,3)30-20(27)24-22(4,5)14-10-13-17(18(25)28-6)23-19(26)29-15-16-11-8-7-9-12-16/h7-9,11-12,17H,10,13-15H2,1-6H3,(H,23,26)(H,24,27)/t17-/m0/s1. The molecule has 0 heterocycles. The first-order valence-corrected chi connectivity index (χ1v) is 9.98. The third kappa shape index (κ3) is 10.7. The Balaban J connectivity index is 2.50. The highest BCUT2D eigenvalue weighted by atomic mass is 16.6. The lowest BCUT2D eigenvalue weighted by Crippen LogP contribution is -2.46. The van der Waals surface area contributed by atoms with Crippen molar-refractivity contribution < 1.29 is 28.6 Å². The molecule has 8 nitrogen and oxygen atoms in total. The zero-order valence-electron chi connectivity index (χ0n) is 18.7. The van der Waals surface area contributed by atoms with Crippen LogP contribution >= 0.6 is 0 Å². The van der Waals surface area contributed by atoms with Gasteiger partial charge in [0.25, 0.3) is 0 Å². The van der Waals surface area contributed by atoms with Crippen LogP contribution in [0.5, 0.6) is 0 Å². The van der Waals surface area contributed by atoms with Crippen LogP contribution in [0.1, 0.15) is 59.4 Å². The number of alkyl carbamates (subject to hydrolysis) is 2. The average molecular weight is 423 g/mol. The van der Waals surface area contributed by atoms with Crippen molar-refractivity contribution in [2.24, 2.45) is 0 Å². The molecule has 0 radical (unpaired) electrons. The van der Waals surface area contributed by atoms with Crippen LogP contribution in [0.25, 0.3) is 0 Å². The Labute approximate surface area is 178 Å². The van der Waals surface area contributed by atoms with Crippen LogP contribution in [0.15, 0.2) is 30.3 Å². The minimum Gasteiger partial charge on any atom is -0.467 e. The summed E-state index contributed by atoms with van der Waals surface area (Å²) in [6.45, 7) is 9.22. The third-order valence-corrected chi connectivity index (χ3v) is 4.12. The van der Waals surface area contributed by atoms with Gasteiger partial charge in [0.2, 0.25) is 0 Å². The Morgan fingerprint density at radius 1 is 1.00 bits per heavy atom. The normalized spacial score (nSPS) is 12.5. The molecule has 0 aliphatic rings. The van der Waals surface area contributed by atoms with Gasteiger partial charge in [0.05, 0.1) is 7.11 Å². The molecular formula is C22H34N2O6. The smallest absolute Gasteiger partial charge is 0.408 e. The fourth-order valence-electron chi connectivity index (χ4n) is 2.69. The number of ether oxygens (including phenoxy) is 3. The Morgan fingerprint density at radius 3 is 2.20 bits per heavy atom. The Bertz CT molecular complexity index is 697. The quantitative estimate of drug-likeness (QED) is 0.462. The first-order valence-electron chi connectivity index (χ1n) is 9.98. The number of rotatable bonds is 9. The highest BCUT2D eigenvalue weighted by Crippen LogP contribution is 2.16. The van der Waals surface area contributed by atoms with E-state index in [0.717, 1.165) is 5.56 Å². The van der Waals surface area contributed by atoms with E-state index in [0.29, 0.717) is 19.3 Å². The van der Waals surface area contributed by atoms with E-state index in [1.807, 2.05) is 44.2 Å². The van der Waals surface area contributed by atoms with Crippen LogP contribution in [0.4, 0.5) is 9.59 Å². The molecule has 0 saturated heterocycles. The van der Waals surface area contributed by atoms with Crippen molar-refractivity contribution in [2.75, 3.05) is 7.11 Å². The van der Waals surface area contributed by atoms with Gasteiger partial charge in [-0.2, -0.15) is 0 Å². The largest absolute Gasteiger partial charge is 0.467 e. The lowest BCUT2D eigenvalue weighted by Gasteiger charge is -2.29. The average Bonchev–Trinajstić information content (AvgIpc) is 2.63. The van der Waals surface area contributed by atoms with Gasteiger partial charge >= 0.3 is 18.2 Å². The molecule has 30 heavy (non-hydrogen) atoms. The molecule has 0 spiro atoms. The molecule has 1 aromatic carbocycles. The van der Waals surface area contributed by atoms with Crippen LogP contribution in [0, 0.1) is 0 Å². The Hall–Kier alpha value is -2.77. The van der Waals surface area contributed by atoms with Gasteiger partial charge < -0.3 is 24.8 Å². The van der Waals surface area contributed by atoms with Gasteiger partial charge in [-0.1, -0.05) is 30.3 Å². The lowest BCUT2D eigenvalue weighted by atomic mass is 9.96. The summed E-state index contributed by atoms with van der Waals surface area (Å²) in [4.78, 5) is 36.1. The van der Waals surface area contributed by atoms with E-state index >= 15 is 0 Å². The van der Waals surface area contributed by atoms with Crippen LogP contribution in [-0.2, 0) is 25.6 Å². The predicted molar refractivity (Wildman–Crippen MR) is 113 cm³/mol. The summed E-state index contributed by atoms with van der Waals surface area (Å²) in [5.74, 6) is -0.551. The molecule has 0 aromatic heterocycles. The monoisotopic (exact) mass is 422 g/mol. The minimum atomic E-state index is -0.837. The van der Waals surface area contributed by atoms with E-state index in [4.69, 9.17) is 14.2 Å². The molecule has 0 aliphatic heterocycles. The second kappa shape index (κ2) is 11.4. The van der Waals surface area contributed by atoms with E-state index < -0.39 is 35.3 Å². The Morgan fingerprint density at radius 2 is 1.63 bits per heavy atom. The third-order valence-electron chi connectivity index (χ3n) is 4.12. The summed E-state index contributed by atoms with van der Waals surface area (Å²) in [6.07, 6.45) is 0.272. The predicted octanol–water partition coefficient (Wildman–Crippen LogP) is 3.93. The first-order chi connectivity index (χ1) is 13.9. The zero-order valence-corrected chi connectivity index (χ0v) is 18.7. The molecule has 0 unspecified atom stereocenters. The molecule has 1 rings (SSSR count). The summed E-state index contributed by atoms with van der Waals surface area (Å²) in [5.41, 5.74) is -0.283. The second-order valence-corrected chi connectivity index (χ2v) is 8.68. The van der Waals surface area contributed by atoms with E-state index in [-0.39, 0.29) is 6.61 Å². The van der Waals surface area contributed by atoms with Crippen LogP contribution < -0.4 is 10.6 Å². The summed E-state index contributed by atoms with van der Waals surface area (Å²) in [7, 11) is 1.26. The van der Waals surface area contributed by atoms with E-state index in [1.165, 1.54) is 7.11 Å². The van der Waals surface area contributed by atoms with E-state index in [9.17, 15) is 14.4 Å². The van der Waals surface area contributed by atoms with Crippen LogP contribution in [-0.4, -0.2) is 42.4 Å². The number of amides is 2. The van der Waals surface area contributed by atoms with Gasteiger partial charge in [0.15, 0.2) is 0 Å². The molecule has 1 atom stereocenters. The fraction of sp³-hybridized carbons (Fsp3) is 0.591. The molecule has 168 valence electrons. The minimum absolute atomic E-state index is 0.105. The molecular weight excluding hydrogens is 388 g/mol.